The van der Waals surface area contributed by atoms with Gasteiger partial charge in [0.1, 0.15) is 6.33 Å². The van der Waals surface area contributed by atoms with Gasteiger partial charge in [-0.25, -0.2) is 4.98 Å². The number of guanidine groups is 1. The predicted octanol–water partition coefficient (Wildman–Crippen LogP) is 3.42. The summed E-state index contributed by atoms with van der Waals surface area (Å²) in [5.74, 6) is 1.87. The smallest absolute Gasteiger partial charge is 0.356 e. The number of nitrogens with one attached hydrogen (secondary N) is 3. The molecule has 31 heavy (non-hydrogen) atoms. The van der Waals surface area contributed by atoms with Crippen molar-refractivity contribution in [2.45, 2.75) is 32.0 Å². The Bertz CT molecular complexity index is 803. The minimum absolute atomic E-state index is 0. The maximum absolute atomic E-state index is 12.5. The van der Waals surface area contributed by atoms with Crippen LogP contribution >= 0.6 is 24.0 Å². The van der Waals surface area contributed by atoms with Crippen LogP contribution in [0.2, 0.25) is 0 Å². The van der Waals surface area contributed by atoms with Gasteiger partial charge in [-0.3, -0.25) is 15.0 Å². The van der Waals surface area contributed by atoms with Gasteiger partial charge in [-0.1, -0.05) is 18.2 Å². The van der Waals surface area contributed by atoms with Crippen LogP contribution in [0.15, 0.2) is 35.6 Å². The molecule has 11 heteroatoms. The van der Waals surface area contributed by atoms with Crippen LogP contribution in [-0.4, -0.2) is 65.4 Å². The zero-order valence-corrected chi connectivity index (χ0v) is 19.8. The van der Waals surface area contributed by atoms with Crippen LogP contribution in [0.5, 0.6) is 0 Å². The molecule has 0 atom stereocenters. The SMILES string of the molecule is CN=C(NCCC1CCN(CC(F)(F)F)CC1)NCc1cccc(-c2ncn[nH]2)c1.I. The number of hydrogen-bond acceptors (Lipinski definition) is 4. The van der Waals surface area contributed by atoms with Crippen molar-refractivity contribution in [3.8, 4) is 11.4 Å². The Hall–Kier alpha value is -1.89. The van der Waals surface area contributed by atoms with Crippen LogP contribution in [0.3, 0.4) is 0 Å². The number of benzene rings is 1. The monoisotopic (exact) mass is 551 g/mol. The molecule has 2 heterocycles. The van der Waals surface area contributed by atoms with Crippen LogP contribution in [-0.2, 0) is 6.54 Å². The van der Waals surface area contributed by atoms with Crippen LogP contribution in [0.4, 0.5) is 13.2 Å². The normalized spacial score (nSPS) is 16.1. The number of aromatic nitrogens is 3. The molecule has 3 rings (SSSR count). The number of hydrogen-bond donors (Lipinski definition) is 3. The molecule has 0 spiro atoms. The summed E-state index contributed by atoms with van der Waals surface area (Å²) < 4.78 is 37.4. The summed E-state index contributed by atoms with van der Waals surface area (Å²) in [7, 11) is 1.72. The van der Waals surface area contributed by atoms with Gasteiger partial charge in [0.05, 0.1) is 6.54 Å². The zero-order valence-electron chi connectivity index (χ0n) is 17.5. The first-order valence-corrected chi connectivity index (χ1v) is 10.1. The van der Waals surface area contributed by atoms with Crippen molar-refractivity contribution in [2.24, 2.45) is 10.9 Å². The molecule has 0 saturated carbocycles. The first-order chi connectivity index (χ1) is 14.4. The third-order valence-corrected chi connectivity index (χ3v) is 5.25. The molecule has 0 aliphatic carbocycles. The average molecular weight is 551 g/mol. The topological polar surface area (TPSA) is 81.2 Å². The zero-order chi connectivity index (χ0) is 21.4. The minimum atomic E-state index is -4.11. The molecule has 1 saturated heterocycles. The lowest BCUT2D eigenvalue weighted by Crippen LogP contribution is -2.41. The molecule has 7 nitrogen and oxygen atoms in total. The summed E-state index contributed by atoms with van der Waals surface area (Å²) in [6.07, 6.45) is -0.106. The van der Waals surface area contributed by atoms with E-state index in [9.17, 15) is 13.2 Å². The van der Waals surface area contributed by atoms with Crippen molar-refractivity contribution in [3.05, 3.63) is 36.2 Å². The number of piperidine rings is 1. The summed E-state index contributed by atoms with van der Waals surface area (Å²) in [4.78, 5) is 9.90. The van der Waals surface area contributed by atoms with E-state index >= 15 is 0 Å². The number of aromatic amines is 1. The molecule has 0 bridgehead atoms. The maximum Gasteiger partial charge on any atom is 0.401 e. The van der Waals surface area contributed by atoms with Gasteiger partial charge in [-0.15, -0.1) is 24.0 Å². The number of H-pyrrole nitrogens is 1. The number of nitrogens with zero attached hydrogens (tertiary/aromatic N) is 4. The molecule has 0 radical (unpaired) electrons. The Labute approximate surface area is 197 Å². The molecule has 3 N–H and O–H groups in total. The number of halogens is 4. The second-order valence-electron chi connectivity index (χ2n) is 7.51. The van der Waals surface area contributed by atoms with E-state index < -0.39 is 12.7 Å². The molecular formula is C20H29F3IN7. The summed E-state index contributed by atoms with van der Waals surface area (Å²) >= 11 is 0. The largest absolute Gasteiger partial charge is 0.401 e. The van der Waals surface area contributed by atoms with E-state index in [1.54, 1.807) is 7.05 Å². The van der Waals surface area contributed by atoms with E-state index in [0.717, 1.165) is 42.8 Å². The van der Waals surface area contributed by atoms with Gasteiger partial charge in [-0.05, 0) is 49.9 Å². The van der Waals surface area contributed by atoms with Crippen molar-refractivity contribution in [3.63, 3.8) is 0 Å². The summed E-state index contributed by atoms with van der Waals surface area (Å²) in [6.45, 7) is 1.57. The average Bonchev–Trinajstić information content (AvgIpc) is 3.26. The number of likely N-dealkylation sites (tertiary alicyclic amines) is 1. The molecule has 172 valence electrons. The number of alkyl halides is 3. The summed E-state index contributed by atoms with van der Waals surface area (Å²) in [6, 6.07) is 8.00. The van der Waals surface area contributed by atoms with Gasteiger partial charge < -0.3 is 10.6 Å². The van der Waals surface area contributed by atoms with Gasteiger partial charge in [-0.2, -0.15) is 18.3 Å². The summed E-state index contributed by atoms with van der Waals surface area (Å²) in [5.41, 5.74) is 2.05. The van der Waals surface area contributed by atoms with Gasteiger partial charge in [0.15, 0.2) is 11.8 Å². The van der Waals surface area contributed by atoms with Crippen LogP contribution in [0.1, 0.15) is 24.8 Å². The second kappa shape index (κ2) is 12.2. The highest BCUT2D eigenvalue weighted by Gasteiger charge is 2.32. The van der Waals surface area contributed by atoms with E-state index in [1.807, 2.05) is 24.3 Å². The van der Waals surface area contributed by atoms with Gasteiger partial charge in [0, 0.05) is 25.7 Å². The molecule has 1 aliphatic heterocycles. The van der Waals surface area contributed by atoms with Crippen LogP contribution in [0.25, 0.3) is 11.4 Å². The summed E-state index contributed by atoms with van der Waals surface area (Å²) in [5, 5.41) is 13.3. The Balaban J connectivity index is 0.00000341. The molecule has 1 aliphatic rings. The van der Waals surface area contributed by atoms with Gasteiger partial charge in [0.2, 0.25) is 0 Å². The van der Waals surface area contributed by atoms with E-state index in [-0.39, 0.29) is 24.0 Å². The highest BCUT2D eigenvalue weighted by Crippen LogP contribution is 2.24. The van der Waals surface area contributed by atoms with E-state index in [4.69, 9.17) is 0 Å². The van der Waals surface area contributed by atoms with Crippen LogP contribution in [0, 0.1) is 5.92 Å². The van der Waals surface area contributed by atoms with Crippen molar-refractivity contribution in [1.82, 2.24) is 30.7 Å². The van der Waals surface area contributed by atoms with Crippen molar-refractivity contribution < 1.29 is 13.2 Å². The Kier molecular flexibility index (Phi) is 10.0. The van der Waals surface area contributed by atoms with E-state index in [0.29, 0.717) is 31.5 Å². The van der Waals surface area contributed by atoms with Crippen molar-refractivity contribution >= 4 is 29.9 Å². The number of rotatable bonds is 7. The number of aliphatic imine (C=N–C) groups is 1. The Morgan fingerprint density at radius 3 is 2.68 bits per heavy atom. The fraction of sp³-hybridized carbons (Fsp3) is 0.550. The minimum Gasteiger partial charge on any atom is -0.356 e. The molecule has 0 amide bonds. The molecule has 2 aromatic rings. The van der Waals surface area contributed by atoms with Crippen molar-refractivity contribution in [2.75, 3.05) is 33.2 Å². The highest BCUT2D eigenvalue weighted by atomic mass is 127. The molecule has 1 aromatic heterocycles. The predicted molar refractivity (Wildman–Crippen MR) is 125 cm³/mol. The first-order valence-electron chi connectivity index (χ1n) is 10.1. The fourth-order valence-electron chi connectivity index (χ4n) is 3.66. The van der Waals surface area contributed by atoms with Gasteiger partial charge in [0.25, 0.3) is 0 Å². The maximum atomic E-state index is 12.5. The lowest BCUT2D eigenvalue weighted by molar-refractivity contribution is -0.148. The lowest BCUT2D eigenvalue weighted by atomic mass is 9.93. The van der Waals surface area contributed by atoms with E-state index in [1.165, 1.54) is 11.2 Å². The molecular weight excluding hydrogens is 522 g/mol. The highest BCUT2D eigenvalue weighted by molar-refractivity contribution is 14.0. The molecule has 1 fully saturated rings. The second-order valence-corrected chi connectivity index (χ2v) is 7.51. The van der Waals surface area contributed by atoms with Crippen LogP contribution < -0.4 is 10.6 Å². The van der Waals surface area contributed by atoms with Gasteiger partial charge >= 0.3 is 6.18 Å². The third-order valence-electron chi connectivity index (χ3n) is 5.25. The molecule has 1 aromatic carbocycles. The third kappa shape index (κ3) is 8.63. The van der Waals surface area contributed by atoms with E-state index in [2.05, 4.69) is 30.8 Å². The lowest BCUT2D eigenvalue weighted by Gasteiger charge is -2.32. The Morgan fingerprint density at radius 2 is 2.03 bits per heavy atom. The standard InChI is InChI=1S/C20H28F3N7.HI/c1-24-19(25-8-5-15-6-9-30(10-7-15)13-20(21,22)23)26-12-16-3-2-4-17(11-16)18-27-14-28-29-18;/h2-4,11,14-15H,5-10,12-13H2,1H3,(H2,24,25,26)(H,27,28,29);1H. The first kappa shape index (κ1) is 25.4. The fourth-order valence-corrected chi connectivity index (χ4v) is 3.66. The Morgan fingerprint density at radius 1 is 1.26 bits per heavy atom. The molecule has 0 unspecified atom stereocenters. The quantitative estimate of drug-likeness (QED) is 0.279. The van der Waals surface area contributed by atoms with Crippen molar-refractivity contribution in [1.29, 1.82) is 0 Å².